The van der Waals surface area contributed by atoms with Crippen LogP contribution in [0.3, 0.4) is 0 Å². The molecule has 192 valence electrons. The fraction of sp³-hybridized carbons (Fsp3) is 0.333. The monoisotopic (exact) mass is 529 g/mol. The van der Waals surface area contributed by atoms with Gasteiger partial charge in [0.1, 0.15) is 12.6 Å². The van der Waals surface area contributed by atoms with Crippen LogP contribution in [-0.2, 0) is 26.2 Å². The first-order valence-electron chi connectivity index (χ1n) is 11.8. The normalized spacial score (nSPS) is 13.1. The molecule has 0 saturated carbocycles. The number of benzene rings is 3. The van der Waals surface area contributed by atoms with Gasteiger partial charge in [-0.2, -0.15) is 0 Å². The predicted octanol–water partition coefficient (Wildman–Crippen LogP) is 4.59. The number of carbonyl (C=O) groups excluding carboxylic acids is 2. The van der Waals surface area contributed by atoms with Crippen molar-refractivity contribution in [1.29, 1.82) is 0 Å². The lowest BCUT2D eigenvalue weighted by Gasteiger charge is -2.32. The third kappa shape index (κ3) is 6.77. The molecule has 0 spiro atoms. The molecule has 0 radical (unpaired) electrons. The Hall–Kier alpha value is -3.10. The highest BCUT2D eigenvalue weighted by Crippen LogP contribution is 2.28. The molecular formula is C27H32ClN3O4S. The van der Waals surface area contributed by atoms with Crippen molar-refractivity contribution >= 4 is 49.9 Å². The summed E-state index contributed by atoms with van der Waals surface area (Å²) in [6, 6.07) is 18.8. The van der Waals surface area contributed by atoms with Gasteiger partial charge in [0.05, 0.1) is 11.9 Å². The third-order valence-electron chi connectivity index (χ3n) is 6.12. The summed E-state index contributed by atoms with van der Waals surface area (Å²) in [5, 5.41) is 4.98. The van der Waals surface area contributed by atoms with Crippen LogP contribution in [0.1, 0.15) is 32.8 Å². The van der Waals surface area contributed by atoms with Crippen molar-refractivity contribution in [2.24, 2.45) is 0 Å². The van der Waals surface area contributed by atoms with Gasteiger partial charge < -0.3 is 10.2 Å². The summed E-state index contributed by atoms with van der Waals surface area (Å²) < 4.78 is 26.9. The molecular weight excluding hydrogens is 498 g/mol. The number of halogens is 1. The number of hydrogen-bond donors (Lipinski definition) is 1. The van der Waals surface area contributed by atoms with E-state index in [0.717, 1.165) is 27.9 Å². The number of rotatable bonds is 10. The lowest BCUT2D eigenvalue weighted by molar-refractivity contribution is -0.139. The predicted molar refractivity (Wildman–Crippen MR) is 145 cm³/mol. The molecule has 0 heterocycles. The number of nitrogens with one attached hydrogen (secondary N) is 1. The van der Waals surface area contributed by atoms with Crippen LogP contribution in [0.25, 0.3) is 10.8 Å². The summed E-state index contributed by atoms with van der Waals surface area (Å²) in [4.78, 5) is 28.1. The highest BCUT2D eigenvalue weighted by atomic mass is 35.5. The lowest BCUT2D eigenvalue weighted by Crippen LogP contribution is -2.52. The van der Waals surface area contributed by atoms with Crippen LogP contribution < -0.4 is 9.62 Å². The molecule has 1 N–H and O–H groups in total. The second-order valence-corrected chi connectivity index (χ2v) is 11.3. The zero-order valence-electron chi connectivity index (χ0n) is 20.9. The Bertz CT molecular complexity index is 1340. The number of fused-ring (bicyclic) bond motifs is 1. The average Bonchev–Trinajstić information content (AvgIpc) is 2.84. The van der Waals surface area contributed by atoms with E-state index in [1.54, 1.807) is 37.3 Å². The Kier molecular flexibility index (Phi) is 8.98. The van der Waals surface area contributed by atoms with Crippen LogP contribution >= 0.6 is 11.6 Å². The molecule has 3 aromatic rings. The zero-order valence-corrected chi connectivity index (χ0v) is 22.5. The Morgan fingerprint density at radius 3 is 2.33 bits per heavy atom. The molecule has 2 amide bonds. The molecule has 9 heteroatoms. The molecule has 0 aromatic heterocycles. The van der Waals surface area contributed by atoms with Crippen molar-refractivity contribution in [1.82, 2.24) is 10.2 Å². The van der Waals surface area contributed by atoms with Crippen LogP contribution in [0.2, 0.25) is 5.02 Å². The summed E-state index contributed by atoms with van der Waals surface area (Å²) in [5.41, 5.74) is 1.14. The number of carbonyl (C=O) groups is 2. The second kappa shape index (κ2) is 11.8. The Balaban J connectivity index is 1.99. The standard InChI is InChI=1S/C27H32ClN3O4S/c1-5-19(2)29-27(33)20(3)30(17-21-10-8-13-23(28)16-21)26(32)18-31(36(4,34)35)25-15-9-12-22-11-6-7-14-24(22)25/h6-16,19-20H,5,17-18H2,1-4H3,(H,29,33)/t19-,20-/m1/s1. The molecule has 0 fully saturated rings. The van der Waals surface area contributed by atoms with E-state index in [1.165, 1.54) is 4.90 Å². The molecule has 36 heavy (non-hydrogen) atoms. The molecule has 3 aromatic carbocycles. The van der Waals surface area contributed by atoms with Crippen LogP contribution in [0.15, 0.2) is 66.7 Å². The summed E-state index contributed by atoms with van der Waals surface area (Å²) in [7, 11) is -3.82. The van der Waals surface area contributed by atoms with Crippen LogP contribution in [0, 0.1) is 0 Å². The first-order valence-corrected chi connectivity index (χ1v) is 14.0. The van der Waals surface area contributed by atoms with Gasteiger partial charge in [-0.05, 0) is 49.4 Å². The van der Waals surface area contributed by atoms with Crippen LogP contribution in [-0.4, -0.2) is 50.0 Å². The highest BCUT2D eigenvalue weighted by Gasteiger charge is 2.31. The Morgan fingerprint density at radius 1 is 1.00 bits per heavy atom. The maximum atomic E-state index is 13.7. The van der Waals surface area contributed by atoms with Gasteiger partial charge >= 0.3 is 0 Å². The van der Waals surface area contributed by atoms with Crippen molar-refractivity contribution in [3.8, 4) is 0 Å². The minimum absolute atomic E-state index is 0.0636. The van der Waals surface area contributed by atoms with Gasteiger partial charge in [0.2, 0.25) is 21.8 Å². The van der Waals surface area contributed by atoms with Gasteiger partial charge in [0.15, 0.2) is 0 Å². The number of nitrogens with zero attached hydrogens (tertiary/aromatic N) is 2. The minimum Gasteiger partial charge on any atom is -0.352 e. The fourth-order valence-electron chi connectivity index (χ4n) is 3.90. The SMILES string of the molecule is CC[C@@H](C)NC(=O)[C@@H](C)N(Cc1cccc(Cl)c1)C(=O)CN(c1cccc2ccccc12)S(C)(=O)=O. The number of hydrogen-bond acceptors (Lipinski definition) is 4. The second-order valence-electron chi connectivity index (χ2n) is 8.91. The molecule has 3 rings (SSSR count). The van der Waals surface area contributed by atoms with Crippen LogP contribution in [0.5, 0.6) is 0 Å². The number of anilines is 1. The topological polar surface area (TPSA) is 86.8 Å². The van der Waals surface area contributed by atoms with E-state index in [2.05, 4.69) is 5.32 Å². The molecule has 0 saturated heterocycles. The van der Waals surface area contributed by atoms with Crippen molar-refractivity contribution in [3.05, 3.63) is 77.3 Å². The summed E-state index contributed by atoms with van der Waals surface area (Å²) in [6.07, 6.45) is 1.81. The first kappa shape index (κ1) is 27.5. The molecule has 7 nitrogen and oxygen atoms in total. The van der Waals surface area contributed by atoms with Gasteiger partial charge in [0, 0.05) is 23.0 Å². The van der Waals surface area contributed by atoms with Gasteiger partial charge in [-0.15, -0.1) is 0 Å². The fourth-order valence-corrected chi connectivity index (χ4v) is 4.98. The minimum atomic E-state index is -3.82. The molecule has 0 aliphatic heterocycles. The Morgan fingerprint density at radius 2 is 1.67 bits per heavy atom. The summed E-state index contributed by atoms with van der Waals surface area (Å²) >= 11 is 6.15. The van der Waals surface area contributed by atoms with Gasteiger partial charge in [-0.3, -0.25) is 13.9 Å². The summed E-state index contributed by atoms with van der Waals surface area (Å²) in [6.45, 7) is 5.14. The van der Waals surface area contributed by atoms with Gasteiger partial charge in [-0.1, -0.05) is 67.1 Å². The number of sulfonamides is 1. The lowest BCUT2D eigenvalue weighted by atomic mass is 10.1. The molecule has 0 bridgehead atoms. The zero-order chi connectivity index (χ0) is 26.5. The highest BCUT2D eigenvalue weighted by molar-refractivity contribution is 7.92. The quantitative estimate of drug-likeness (QED) is 0.416. The van der Waals surface area contributed by atoms with Crippen molar-refractivity contribution in [2.75, 3.05) is 17.1 Å². The van der Waals surface area contributed by atoms with Gasteiger partial charge in [0.25, 0.3) is 0 Å². The van der Waals surface area contributed by atoms with E-state index < -0.39 is 28.5 Å². The first-order chi connectivity index (χ1) is 17.0. The molecule has 0 aliphatic rings. The van der Waals surface area contributed by atoms with E-state index in [1.807, 2.05) is 50.2 Å². The van der Waals surface area contributed by atoms with E-state index >= 15 is 0 Å². The van der Waals surface area contributed by atoms with Crippen molar-refractivity contribution < 1.29 is 18.0 Å². The van der Waals surface area contributed by atoms with Crippen molar-refractivity contribution in [3.63, 3.8) is 0 Å². The van der Waals surface area contributed by atoms with Gasteiger partial charge in [-0.25, -0.2) is 8.42 Å². The summed E-state index contributed by atoms with van der Waals surface area (Å²) in [5.74, 6) is -0.809. The maximum absolute atomic E-state index is 13.7. The smallest absolute Gasteiger partial charge is 0.244 e. The Labute approximate surface area is 218 Å². The largest absolute Gasteiger partial charge is 0.352 e. The maximum Gasteiger partial charge on any atom is 0.244 e. The molecule has 0 unspecified atom stereocenters. The number of amides is 2. The third-order valence-corrected chi connectivity index (χ3v) is 7.49. The van der Waals surface area contributed by atoms with E-state index in [0.29, 0.717) is 16.1 Å². The van der Waals surface area contributed by atoms with E-state index in [4.69, 9.17) is 11.6 Å². The molecule has 0 aliphatic carbocycles. The molecule has 2 atom stereocenters. The van der Waals surface area contributed by atoms with E-state index in [9.17, 15) is 18.0 Å². The van der Waals surface area contributed by atoms with Crippen molar-refractivity contribution in [2.45, 2.75) is 45.8 Å². The van der Waals surface area contributed by atoms with Crippen LogP contribution in [0.4, 0.5) is 5.69 Å². The average molecular weight is 530 g/mol. The van der Waals surface area contributed by atoms with E-state index in [-0.39, 0.29) is 18.5 Å².